The fraction of sp³-hybridized carbons (Fsp3) is 0.273. The van der Waals surface area contributed by atoms with E-state index >= 15 is 0 Å². The topological polar surface area (TPSA) is 9.23 Å². The molecule has 0 radical (unpaired) electrons. The average Bonchev–Trinajstić information content (AvgIpc) is 2.19. The van der Waals surface area contributed by atoms with E-state index < -0.39 is 12.4 Å². The summed E-state index contributed by atoms with van der Waals surface area (Å²) >= 11 is 0. The van der Waals surface area contributed by atoms with E-state index in [4.69, 9.17) is 4.74 Å². The van der Waals surface area contributed by atoms with E-state index in [0.29, 0.717) is 11.3 Å². The minimum absolute atomic E-state index is 0. The first kappa shape index (κ1) is 17.3. The Morgan fingerprint density at radius 2 is 1.94 bits per heavy atom. The van der Waals surface area contributed by atoms with Gasteiger partial charge in [0.25, 0.3) is 0 Å². The molecule has 0 N–H and O–H groups in total. The molecule has 0 aliphatic heterocycles. The monoisotopic (exact) mass is 268 g/mol. The molecule has 1 unspecified atom stereocenters. The maximum Gasteiger partial charge on any atom is 1.00 e. The molecule has 0 aromatic heterocycles. The molecule has 17 heavy (non-hydrogen) atoms. The van der Waals surface area contributed by atoms with Crippen LogP contribution in [0, 0.1) is 6.92 Å². The van der Waals surface area contributed by atoms with E-state index in [9.17, 15) is 12.9 Å². The van der Waals surface area contributed by atoms with Crippen LogP contribution < -0.4 is 61.6 Å². The van der Waals surface area contributed by atoms with Gasteiger partial charge in [-0.1, -0.05) is 24.8 Å². The molecule has 1 nitrogen and oxygen atoms in total. The van der Waals surface area contributed by atoms with E-state index in [2.05, 4.69) is 6.58 Å². The summed E-state index contributed by atoms with van der Waals surface area (Å²) in [6.07, 6.45) is 1.36. The van der Waals surface area contributed by atoms with Gasteiger partial charge in [-0.3, -0.25) is 0 Å². The van der Waals surface area contributed by atoms with Gasteiger partial charge in [-0.2, -0.15) is 0 Å². The minimum atomic E-state index is -4.94. The fourth-order valence-corrected chi connectivity index (χ4v) is 1.26. The molecule has 0 fully saturated rings. The van der Waals surface area contributed by atoms with Gasteiger partial charge in [0.1, 0.15) is 11.9 Å². The number of aryl methyl sites for hydroxylation is 1. The second-order valence-corrected chi connectivity index (χ2v) is 3.66. The summed E-state index contributed by atoms with van der Waals surface area (Å²) < 4.78 is 42.7. The molecule has 0 amide bonds. The largest absolute Gasteiger partial charge is 1.00 e. The Morgan fingerprint density at radius 3 is 2.35 bits per heavy atom. The molecule has 0 heterocycles. The molecule has 0 aliphatic carbocycles. The normalized spacial score (nSPS) is 12.5. The standard InChI is InChI=1S/C11H13BF3O.K/c1-4-9(3)16-11-6-5-10(7-8(11)2)12(13,14)15;/h4-7,9H,1H2,2-3H3;/q-1;+1. The molecule has 0 bridgehead atoms. The maximum absolute atomic E-state index is 12.4. The van der Waals surface area contributed by atoms with Gasteiger partial charge < -0.3 is 17.7 Å². The van der Waals surface area contributed by atoms with E-state index in [1.54, 1.807) is 19.9 Å². The van der Waals surface area contributed by atoms with Crippen molar-refractivity contribution in [2.45, 2.75) is 20.0 Å². The maximum atomic E-state index is 12.4. The van der Waals surface area contributed by atoms with Gasteiger partial charge in [-0.05, 0) is 25.5 Å². The number of ether oxygens (including phenoxy) is 1. The van der Waals surface area contributed by atoms with Gasteiger partial charge >= 0.3 is 58.4 Å². The quantitative estimate of drug-likeness (QED) is 0.552. The van der Waals surface area contributed by atoms with Crippen molar-refractivity contribution in [3.8, 4) is 5.75 Å². The van der Waals surface area contributed by atoms with Crippen molar-refractivity contribution in [2.75, 3.05) is 0 Å². The van der Waals surface area contributed by atoms with Crippen LogP contribution in [0.1, 0.15) is 12.5 Å². The average molecular weight is 268 g/mol. The van der Waals surface area contributed by atoms with Gasteiger partial charge in [0.2, 0.25) is 0 Å². The smallest absolute Gasteiger partial charge is 0.486 e. The minimum Gasteiger partial charge on any atom is -0.486 e. The van der Waals surface area contributed by atoms with Crippen LogP contribution in [0.5, 0.6) is 5.75 Å². The van der Waals surface area contributed by atoms with Crippen LogP contribution in [0.4, 0.5) is 12.9 Å². The third-order valence-electron chi connectivity index (χ3n) is 2.22. The molecule has 1 aromatic rings. The SMILES string of the molecule is C=CC(C)Oc1ccc([B-](F)(F)F)cc1C.[K+]. The van der Waals surface area contributed by atoms with Crippen LogP contribution >= 0.6 is 0 Å². The van der Waals surface area contributed by atoms with Crippen LogP contribution in [0.2, 0.25) is 0 Å². The van der Waals surface area contributed by atoms with E-state index in [-0.39, 0.29) is 57.5 Å². The van der Waals surface area contributed by atoms with Crippen LogP contribution in [0.15, 0.2) is 30.9 Å². The molecule has 88 valence electrons. The Labute approximate surface area is 142 Å². The van der Waals surface area contributed by atoms with E-state index in [0.717, 1.165) is 12.1 Å². The van der Waals surface area contributed by atoms with Crippen molar-refractivity contribution in [3.63, 3.8) is 0 Å². The Balaban J connectivity index is 0.00000256. The number of benzene rings is 1. The summed E-state index contributed by atoms with van der Waals surface area (Å²) in [4.78, 5) is 0. The van der Waals surface area contributed by atoms with Crippen LogP contribution in [0.3, 0.4) is 0 Å². The predicted octanol–water partition coefficient (Wildman–Crippen LogP) is 0.00672. The van der Waals surface area contributed by atoms with Crippen molar-refractivity contribution in [3.05, 3.63) is 36.4 Å². The van der Waals surface area contributed by atoms with Crippen LogP contribution in [0.25, 0.3) is 0 Å². The molecule has 0 spiro atoms. The zero-order valence-electron chi connectivity index (χ0n) is 10.2. The van der Waals surface area contributed by atoms with Gasteiger partial charge in [0, 0.05) is 0 Å². The van der Waals surface area contributed by atoms with Crippen molar-refractivity contribution >= 4 is 12.4 Å². The fourth-order valence-electron chi connectivity index (χ4n) is 1.26. The summed E-state index contributed by atoms with van der Waals surface area (Å²) in [5.74, 6) is 0.455. The third kappa shape index (κ3) is 5.18. The summed E-state index contributed by atoms with van der Waals surface area (Å²) in [7, 11) is 0. The van der Waals surface area contributed by atoms with Crippen molar-refractivity contribution in [2.24, 2.45) is 0 Å². The molecule has 0 saturated heterocycles. The van der Waals surface area contributed by atoms with Gasteiger partial charge in [-0.25, -0.2) is 0 Å². The Hall–Kier alpha value is 0.251. The molecular weight excluding hydrogens is 255 g/mol. The molecule has 0 saturated carbocycles. The molecule has 6 heteroatoms. The molecule has 1 rings (SSSR count). The molecule has 1 aromatic carbocycles. The van der Waals surface area contributed by atoms with Gasteiger partial charge in [0.15, 0.2) is 0 Å². The third-order valence-corrected chi connectivity index (χ3v) is 2.22. The summed E-state index contributed by atoms with van der Waals surface area (Å²) in [6.45, 7) is 1.97. The first-order chi connectivity index (χ1) is 7.34. The van der Waals surface area contributed by atoms with Crippen molar-refractivity contribution < 1.29 is 69.1 Å². The predicted molar refractivity (Wildman–Crippen MR) is 60.2 cm³/mol. The molecule has 0 aliphatic rings. The van der Waals surface area contributed by atoms with E-state index in [1.165, 1.54) is 6.07 Å². The first-order valence-electron chi connectivity index (χ1n) is 4.94. The molecular formula is C11H13BF3KO. The van der Waals surface area contributed by atoms with E-state index in [1.807, 2.05) is 0 Å². The molecule has 1 atom stereocenters. The zero-order chi connectivity index (χ0) is 12.3. The Kier molecular flexibility index (Phi) is 7.10. The Morgan fingerprint density at radius 1 is 1.35 bits per heavy atom. The summed E-state index contributed by atoms with van der Waals surface area (Å²) in [5.41, 5.74) is -0.124. The first-order valence-corrected chi connectivity index (χ1v) is 4.94. The van der Waals surface area contributed by atoms with Gasteiger partial charge in [0.05, 0.1) is 0 Å². The number of halogens is 3. The number of hydrogen-bond donors (Lipinski definition) is 0. The van der Waals surface area contributed by atoms with Gasteiger partial charge in [-0.15, -0.1) is 5.46 Å². The van der Waals surface area contributed by atoms with Crippen LogP contribution in [-0.4, -0.2) is 13.1 Å². The zero-order valence-corrected chi connectivity index (χ0v) is 13.3. The second-order valence-electron chi connectivity index (χ2n) is 3.66. The van der Waals surface area contributed by atoms with Crippen molar-refractivity contribution in [1.82, 2.24) is 0 Å². The van der Waals surface area contributed by atoms with Crippen LogP contribution in [-0.2, 0) is 0 Å². The number of rotatable bonds is 4. The number of hydrogen-bond acceptors (Lipinski definition) is 1. The summed E-state index contributed by atoms with van der Waals surface area (Å²) in [5, 5.41) is 0. The summed E-state index contributed by atoms with van der Waals surface area (Å²) in [6, 6.07) is 3.49. The van der Waals surface area contributed by atoms with Crippen molar-refractivity contribution in [1.29, 1.82) is 0 Å². The Bertz CT molecular complexity index is 393. The second kappa shape index (κ2) is 6.99.